The lowest BCUT2D eigenvalue weighted by Gasteiger charge is -2.22. The molecule has 1 aromatic rings. The fraction of sp³-hybridized carbons (Fsp3) is 0.588. The highest BCUT2D eigenvalue weighted by atomic mass is 35.5. The molecule has 1 amide bonds. The third-order valence-electron chi connectivity index (χ3n) is 4.20. The molecule has 1 heterocycles. The van der Waals surface area contributed by atoms with Crippen molar-refractivity contribution >= 4 is 18.3 Å². The van der Waals surface area contributed by atoms with Crippen molar-refractivity contribution in [1.82, 2.24) is 10.6 Å². The number of carbonyl (C=O) groups is 1. The van der Waals surface area contributed by atoms with Gasteiger partial charge in [-0.2, -0.15) is 8.78 Å². The molecule has 1 atom stereocenters. The van der Waals surface area contributed by atoms with E-state index < -0.39 is 6.61 Å². The highest BCUT2D eigenvalue weighted by Crippen LogP contribution is 2.21. The molecule has 0 aromatic heterocycles. The largest absolute Gasteiger partial charge is 0.435 e. The Bertz CT molecular complexity index is 511. The van der Waals surface area contributed by atoms with Crippen LogP contribution in [-0.4, -0.2) is 25.6 Å². The van der Waals surface area contributed by atoms with E-state index in [4.69, 9.17) is 0 Å². The number of hydrogen-bond donors (Lipinski definition) is 2. The van der Waals surface area contributed by atoms with Gasteiger partial charge in [0, 0.05) is 6.42 Å². The highest BCUT2D eigenvalue weighted by molar-refractivity contribution is 5.85. The maximum atomic E-state index is 12.2. The quantitative estimate of drug-likeness (QED) is 0.778. The summed E-state index contributed by atoms with van der Waals surface area (Å²) in [4.78, 5) is 12.1. The Kier molecular flexibility index (Phi) is 9.00. The van der Waals surface area contributed by atoms with Crippen LogP contribution in [0.4, 0.5) is 8.78 Å². The van der Waals surface area contributed by atoms with Gasteiger partial charge in [0.25, 0.3) is 0 Å². The van der Waals surface area contributed by atoms with Crippen molar-refractivity contribution < 1.29 is 18.3 Å². The van der Waals surface area contributed by atoms with E-state index in [2.05, 4.69) is 15.4 Å². The van der Waals surface area contributed by atoms with Crippen LogP contribution in [0.5, 0.6) is 5.75 Å². The average Bonchev–Trinajstić information content (AvgIpc) is 2.53. The van der Waals surface area contributed by atoms with Crippen molar-refractivity contribution in [2.24, 2.45) is 5.92 Å². The van der Waals surface area contributed by atoms with Gasteiger partial charge in [-0.25, -0.2) is 0 Å². The Labute approximate surface area is 147 Å². The number of alkyl halides is 2. The lowest BCUT2D eigenvalue weighted by atomic mass is 9.93. The van der Waals surface area contributed by atoms with Crippen LogP contribution >= 0.6 is 12.4 Å². The highest BCUT2D eigenvalue weighted by Gasteiger charge is 2.16. The molecule has 2 N–H and O–H groups in total. The molecular formula is C17H25ClF2N2O2. The van der Waals surface area contributed by atoms with Crippen LogP contribution in [0, 0.1) is 5.92 Å². The molecule has 0 radical (unpaired) electrons. The molecule has 0 aliphatic carbocycles. The number of benzene rings is 1. The number of piperidine rings is 1. The molecule has 1 saturated heterocycles. The monoisotopic (exact) mass is 362 g/mol. The third kappa shape index (κ3) is 7.01. The summed E-state index contributed by atoms with van der Waals surface area (Å²) in [6, 6.07) is 6.20. The third-order valence-corrected chi connectivity index (χ3v) is 4.20. The number of rotatable bonds is 7. The van der Waals surface area contributed by atoms with Crippen molar-refractivity contribution in [3.63, 3.8) is 0 Å². The minimum Gasteiger partial charge on any atom is -0.435 e. The second-order valence-electron chi connectivity index (χ2n) is 5.97. The van der Waals surface area contributed by atoms with Gasteiger partial charge in [0.1, 0.15) is 5.75 Å². The molecule has 0 bridgehead atoms. The van der Waals surface area contributed by atoms with E-state index in [1.165, 1.54) is 12.1 Å². The van der Waals surface area contributed by atoms with E-state index in [1.807, 2.05) is 6.92 Å². The van der Waals surface area contributed by atoms with Gasteiger partial charge in [0.15, 0.2) is 0 Å². The maximum absolute atomic E-state index is 12.2. The Morgan fingerprint density at radius 1 is 1.38 bits per heavy atom. The van der Waals surface area contributed by atoms with Gasteiger partial charge in [-0.3, -0.25) is 4.79 Å². The van der Waals surface area contributed by atoms with Gasteiger partial charge in [0.2, 0.25) is 5.91 Å². The van der Waals surface area contributed by atoms with Crippen LogP contribution < -0.4 is 15.4 Å². The molecule has 0 spiro atoms. The zero-order valence-corrected chi connectivity index (χ0v) is 14.6. The Morgan fingerprint density at radius 3 is 2.75 bits per heavy atom. The number of carbonyl (C=O) groups excluding carboxylic acids is 1. The minimum atomic E-state index is -2.85. The second kappa shape index (κ2) is 10.5. The predicted molar refractivity (Wildman–Crippen MR) is 91.7 cm³/mol. The standard InChI is InChI=1S/C17H24F2N2O2.ClH/c1-12(14-3-2-4-15(11-14)23-17(18)19)21-16(22)6-5-13-7-9-20-10-8-13;/h2-4,11-13,17,20H,5-10H2,1H3,(H,21,22);1H. The van der Waals surface area contributed by atoms with Gasteiger partial charge in [-0.05, 0) is 62.9 Å². The Morgan fingerprint density at radius 2 is 2.08 bits per heavy atom. The van der Waals surface area contributed by atoms with Crippen LogP contribution in [-0.2, 0) is 4.79 Å². The summed E-state index contributed by atoms with van der Waals surface area (Å²) in [5, 5.41) is 6.23. The van der Waals surface area contributed by atoms with Crippen LogP contribution in [0.15, 0.2) is 24.3 Å². The topological polar surface area (TPSA) is 50.4 Å². The van der Waals surface area contributed by atoms with Crippen molar-refractivity contribution in [2.75, 3.05) is 13.1 Å². The first-order chi connectivity index (χ1) is 11.0. The fourth-order valence-electron chi connectivity index (χ4n) is 2.86. The van der Waals surface area contributed by atoms with Crippen molar-refractivity contribution in [3.05, 3.63) is 29.8 Å². The number of ether oxygens (including phenoxy) is 1. The van der Waals surface area contributed by atoms with Gasteiger partial charge < -0.3 is 15.4 Å². The zero-order valence-electron chi connectivity index (χ0n) is 13.8. The summed E-state index contributed by atoms with van der Waals surface area (Å²) in [6.45, 7) is 1.04. The second-order valence-corrected chi connectivity index (χ2v) is 5.97. The Balaban J connectivity index is 0.00000288. The van der Waals surface area contributed by atoms with E-state index >= 15 is 0 Å². The van der Waals surface area contributed by atoms with E-state index in [0.717, 1.165) is 37.9 Å². The summed E-state index contributed by atoms with van der Waals surface area (Å²) in [6.07, 6.45) is 3.64. The predicted octanol–water partition coefficient (Wildman–Crippen LogP) is 3.67. The molecule has 0 saturated carbocycles. The molecule has 1 fully saturated rings. The van der Waals surface area contributed by atoms with E-state index in [0.29, 0.717) is 12.3 Å². The van der Waals surface area contributed by atoms with Crippen molar-refractivity contribution in [1.29, 1.82) is 0 Å². The molecule has 4 nitrogen and oxygen atoms in total. The average molecular weight is 363 g/mol. The van der Waals surface area contributed by atoms with Crippen LogP contribution in [0.1, 0.15) is 44.2 Å². The molecule has 136 valence electrons. The molecule has 24 heavy (non-hydrogen) atoms. The summed E-state index contributed by atoms with van der Waals surface area (Å²) in [7, 11) is 0. The van der Waals surface area contributed by atoms with E-state index in [9.17, 15) is 13.6 Å². The zero-order chi connectivity index (χ0) is 16.7. The molecule has 1 aromatic carbocycles. The molecule has 1 aliphatic rings. The van der Waals surface area contributed by atoms with E-state index in [1.54, 1.807) is 12.1 Å². The summed E-state index contributed by atoms with van der Waals surface area (Å²) in [5.41, 5.74) is 0.748. The van der Waals surface area contributed by atoms with Crippen molar-refractivity contribution in [2.45, 2.75) is 45.3 Å². The molecule has 1 unspecified atom stereocenters. The van der Waals surface area contributed by atoms with Gasteiger partial charge in [-0.1, -0.05) is 12.1 Å². The maximum Gasteiger partial charge on any atom is 0.387 e. The van der Waals surface area contributed by atoms with Crippen LogP contribution in [0.25, 0.3) is 0 Å². The number of halogens is 3. The fourth-order valence-corrected chi connectivity index (χ4v) is 2.86. The Hall–Kier alpha value is -1.40. The summed E-state index contributed by atoms with van der Waals surface area (Å²) in [5.74, 6) is 0.713. The normalized spacial score (nSPS) is 16.3. The van der Waals surface area contributed by atoms with Crippen LogP contribution in [0.3, 0.4) is 0 Å². The number of amides is 1. The summed E-state index contributed by atoms with van der Waals surface area (Å²) < 4.78 is 28.9. The first-order valence-corrected chi connectivity index (χ1v) is 8.09. The SMILES string of the molecule is CC(NC(=O)CCC1CCNCC1)c1cccc(OC(F)F)c1.Cl. The van der Waals surface area contributed by atoms with Gasteiger partial charge in [0.05, 0.1) is 6.04 Å². The van der Waals surface area contributed by atoms with Gasteiger partial charge in [-0.15, -0.1) is 12.4 Å². The molecule has 2 rings (SSSR count). The first kappa shape index (κ1) is 20.6. The number of hydrogen-bond acceptors (Lipinski definition) is 3. The lowest BCUT2D eigenvalue weighted by molar-refractivity contribution is -0.122. The lowest BCUT2D eigenvalue weighted by Crippen LogP contribution is -2.30. The van der Waals surface area contributed by atoms with Gasteiger partial charge >= 0.3 is 6.61 Å². The summed E-state index contributed by atoms with van der Waals surface area (Å²) >= 11 is 0. The van der Waals surface area contributed by atoms with Crippen LogP contribution in [0.2, 0.25) is 0 Å². The number of nitrogens with one attached hydrogen (secondary N) is 2. The molecule has 1 aliphatic heterocycles. The minimum absolute atomic E-state index is 0. The molecular weight excluding hydrogens is 338 g/mol. The first-order valence-electron chi connectivity index (χ1n) is 8.09. The van der Waals surface area contributed by atoms with Crippen molar-refractivity contribution in [3.8, 4) is 5.75 Å². The smallest absolute Gasteiger partial charge is 0.387 e. The van der Waals surface area contributed by atoms with E-state index in [-0.39, 0.29) is 30.1 Å². The molecule has 7 heteroatoms.